The molecular formula is C8H8NO4PS. The SMILES string of the molecule is O=P(O)(O)Cc1nc2ccc(O)cc2s1. The van der Waals surface area contributed by atoms with Crippen molar-refractivity contribution in [3.05, 3.63) is 23.2 Å². The smallest absolute Gasteiger partial charge is 0.332 e. The molecule has 80 valence electrons. The molecule has 1 aromatic heterocycles. The molecule has 5 nitrogen and oxygen atoms in total. The second-order valence-corrected chi connectivity index (χ2v) is 5.84. The van der Waals surface area contributed by atoms with Gasteiger partial charge in [-0.2, -0.15) is 0 Å². The van der Waals surface area contributed by atoms with Crippen LogP contribution in [0.1, 0.15) is 5.01 Å². The first-order valence-corrected chi connectivity index (χ1v) is 6.68. The van der Waals surface area contributed by atoms with Crippen LogP contribution >= 0.6 is 18.9 Å². The van der Waals surface area contributed by atoms with Crippen LogP contribution in [0.2, 0.25) is 0 Å². The number of aromatic hydroxyl groups is 1. The van der Waals surface area contributed by atoms with E-state index in [1.807, 2.05) is 0 Å². The summed E-state index contributed by atoms with van der Waals surface area (Å²) in [5.41, 5.74) is 0.640. The van der Waals surface area contributed by atoms with Gasteiger partial charge in [-0.3, -0.25) is 4.57 Å². The molecule has 0 unspecified atom stereocenters. The number of rotatable bonds is 2. The lowest BCUT2D eigenvalue weighted by Gasteiger charge is -1.97. The van der Waals surface area contributed by atoms with Crippen molar-refractivity contribution in [3.63, 3.8) is 0 Å². The van der Waals surface area contributed by atoms with E-state index in [1.165, 1.54) is 23.5 Å². The monoisotopic (exact) mass is 245 g/mol. The molecule has 2 rings (SSSR count). The predicted octanol–water partition coefficient (Wildman–Crippen LogP) is 1.68. The Morgan fingerprint density at radius 2 is 2.13 bits per heavy atom. The van der Waals surface area contributed by atoms with Crippen molar-refractivity contribution in [2.45, 2.75) is 6.16 Å². The van der Waals surface area contributed by atoms with Crippen LogP contribution in [0, 0.1) is 0 Å². The quantitative estimate of drug-likeness (QED) is 0.700. The number of aromatic nitrogens is 1. The number of hydrogen-bond donors (Lipinski definition) is 3. The Balaban J connectivity index is 2.43. The number of thiazole rings is 1. The fraction of sp³-hybridized carbons (Fsp3) is 0.125. The molecular weight excluding hydrogens is 237 g/mol. The number of hydrogen-bond acceptors (Lipinski definition) is 4. The van der Waals surface area contributed by atoms with E-state index in [0.717, 1.165) is 4.70 Å². The zero-order chi connectivity index (χ0) is 11.1. The first-order valence-electron chi connectivity index (χ1n) is 4.07. The van der Waals surface area contributed by atoms with Gasteiger partial charge in [0.05, 0.1) is 10.2 Å². The van der Waals surface area contributed by atoms with E-state index >= 15 is 0 Å². The molecule has 3 N–H and O–H groups in total. The summed E-state index contributed by atoms with van der Waals surface area (Å²) in [5.74, 6) is 0.119. The maximum Gasteiger partial charge on any atom is 0.332 e. The van der Waals surface area contributed by atoms with Crippen molar-refractivity contribution in [2.24, 2.45) is 0 Å². The highest BCUT2D eigenvalue weighted by molar-refractivity contribution is 7.51. The van der Waals surface area contributed by atoms with Crippen LogP contribution in [-0.4, -0.2) is 19.9 Å². The summed E-state index contributed by atoms with van der Waals surface area (Å²) in [7, 11) is -4.07. The molecule has 0 fully saturated rings. The van der Waals surface area contributed by atoms with E-state index in [1.54, 1.807) is 6.07 Å². The molecule has 1 heterocycles. The van der Waals surface area contributed by atoms with E-state index in [9.17, 15) is 9.67 Å². The zero-order valence-corrected chi connectivity index (χ0v) is 9.20. The van der Waals surface area contributed by atoms with Gasteiger partial charge in [-0.25, -0.2) is 4.98 Å². The van der Waals surface area contributed by atoms with Gasteiger partial charge in [0.25, 0.3) is 0 Å². The second-order valence-electron chi connectivity index (χ2n) is 3.08. The first kappa shape index (κ1) is 10.6. The van der Waals surface area contributed by atoms with Crippen LogP contribution in [0.15, 0.2) is 18.2 Å². The van der Waals surface area contributed by atoms with Crippen molar-refractivity contribution in [2.75, 3.05) is 0 Å². The van der Waals surface area contributed by atoms with E-state index < -0.39 is 7.60 Å². The Bertz CT molecular complexity index is 547. The minimum Gasteiger partial charge on any atom is -0.508 e. The highest BCUT2D eigenvalue weighted by atomic mass is 32.1. The molecule has 1 aromatic carbocycles. The normalized spacial score (nSPS) is 12.1. The summed E-state index contributed by atoms with van der Waals surface area (Å²) in [6.45, 7) is 0. The number of nitrogens with zero attached hydrogens (tertiary/aromatic N) is 1. The minimum absolute atomic E-state index is 0.119. The summed E-state index contributed by atoms with van der Waals surface area (Å²) in [5, 5.41) is 9.58. The topological polar surface area (TPSA) is 90.7 Å². The molecule has 0 atom stereocenters. The van der Waals surface area contributed by atoms with Gasteiger partial charge >= 0.3 is 7.60 Å². The average molecular weight is 245 g/mol. The average Bonchev–Trinajstić information content (AvgIpc) is 2.42. The molecule has 0 aliphatic rings. The largest absolute Gasteiger partial charge is 0.508 e. The van der Waals surface area contributed by atoms with Crippen LogP contribution < -0.4 is 0 Å². The van der Waals surface area contributed by atoms with Crippen LogP contribution in [0.4, 0.5) is 0 Å². The third-order valence-corrected chi connectivity index (χ3v) is 3.70. The molecule has 0 spiro atoms. The van der Waals surface area contributed by atoms with E-state index in [0.29, 0.717) is 10.5 Å². The van der Waals surface area contributed by atoms with E-state index in [2.05, 4.69) is 4.98 Å². The molecule has 0 amide bonds. The number of fused-ring (bicyclic) bond motifs is 1. The van der Waals surface area contributed by atoms with Gasteiger partial charge in [-0.15, -0.1) is 11.3 Å². The standard InChI is InChI=1S/C8H8NO4PS/c10-5-1-2-6-7(3-5)15-8(9-6)4-14(11,12)13/h1-3,10H,4H2,(H2,11,12,13). The van der Waals surface area contributed by atoms with Crippen molar-refractivity contribution < 1.29 is 19.5 Å². The third-order valence-electron chi connectivity index (χ3n) is 1.76. The number of benzene rings is 1. The van der Waals surface area contributed by atoms with Gasteiger partial charge in [0.2, 0.25) is 0 Å². The number of phenols is 1. The zero-order valence-electron chi connectivity index (χ0n) is 7.49. The molecule has 0 bridgehead atoms. The van der Waals surface area contributed by atoms with Crippen LogP contribution in [-0.2, 0) is 10.7 Å². The molecule has 0 saturated heterocycles. The Morgan fingerprint density at radius 1 is 1.40 bits per heavy atom. The van der Waals surface area contributed by atoms with Gasteiger partial charge in [-0.05, 0) is 18.2 Å². The molecule has 7 heteroatoms. The maximum absolute atomic E-state index is 10.8. The Morgan fingerprint density at radius 3 is 2.80 bits per heavy atom. The molecule has 2 aromatic rings. The van der Waals surface area contributed by atoms with Crippen molar-refractivity contribution in [3.8, 4) is 5.75 Å². The summed E-state index contributed by atoms with van der Waals surface area (Å²) in [4.78, 5) is 21.6. The Hall–Kier alpha value is -0.940. The van der Waals surface area contributed by atoms with Crippen molar-refractivity contribution >= 4 is 29.1 Å². The maximum atomic E-state index is 10.8. The molecule has 0 aliphatic heterocycles. The highest BCUT2D eigenvalue weighted by Crippen LogP contribution is 2.41. The van der Waals surface area contributed by atoms with Crippen molar-refractivity contribution in [1.29, 1.82) is 0 Å². The molecule has 0 aliphatic carbocycles. The lowest BCUT2D eigenvalue weighted by molar-refractivity contribution is 0.371. The molecule has 0 saturated carbocycles. The second kappa shape index (κ2) is 3.57. The predicted molar refractivity (Wildman–Crippen MR) is 57.0 cm³/mol. The summed E-state index contributed by atoms with van der Waals surface area (Å²) < 4.78 is 11.5. The first-order chi connectivity index (χ1) is 6.94. The Kier molecular flexibility index (Phi) is 2.52. The summed E-state index contributed by atoms with van der Waals surface area (Å²) in [6.07, 6.45) is -0.354. The van der Waals surface area contributed by atoms with Crippen LogP contribution in [0.25, 0.3) is 10.2 Å². The lowest BCUT2D eigenvalue weighted by Crippen LogP contribution is -1.84. The Labute approximate surface area is 89.2 Å². The highest BCUT2D eigenvalue weighted by Gasteiger charge is 2.17. The van der Waals surface area contributed by atoms with E-state index in [4.69, 9.17) is 9.79 Å². The summed E-state index contributed by atoms with van der Waals surface area (Å²) in [6, 6.07) is 4.63. The van der Waals surface area contributed by atoms with Gasteiger partial charge in [0.1, 0.15) is 16.9 Å². The lowest BCUT2D eigenvalue weighted by atomic mass is 10.3. The molecule has 0 radical (unpaired) electrons. The van der Waals surface area contributed by atoms with Crippen LogP contribution in [0.5, 0.6) is 5.75 Å². The minimum atomic E-state index is -4.07. The molecule has 15 heavy (non-hydrogen) atoms. The third kappa shape index (κ3) is 2.54. The van der Waals surface area contributed by atoms with Crippen LogP contribution in [0.3, 0.4) is 0 Å². The number of phenolic OH excluding ortho intramolecular Hbond substituents is 1. The fourth-order valence-corrected chi connectivity index (χ4v) is 3.19. The van der Waals surface area contributed by atoms with Gasteiger partial charge in [0.15, 0.2) is 0 Å². The van der Waals surface area contributed by atoms with E-state index in [-0.39, 0.29) is 11.9 Å². The van der Waals surface area contributed by atoms with Gasteiger partial charge in [-0.1, -0.05) is 0 Å². The van der Waals surface area contributed by atoms with Gasteiger partial charge in [0, 0.05) is 0 Å². The summed E-state index contributed by atoms with van der Waals surface area (Å²) >= 11 is 1.17. The van der Waals surface area contributed by atoms with Gasteiger partial charge < -0.3 is 14.9 Å². The fourth-order valence-electron chi connectivity index (χ4n) is 1.20. The van der Waals surface area contributed by atoms with Crippen molar-refractivity contribution in [1.82, 2.24) is 4.98 Å².